The highest BCUT2D eigenvalue weighted by atomic mass is 35.5. The van der Waals surface area contributed by atoms with Crippen LogP contribution in [0.3, 0.4) is 0 Å². The fourth-order valence-electron chi connectivity index (χ4n) is 4.44. The molecule has 1 atom stereocenters. The summed E-state index contributed by atoms with van der Waals surface area (Å²) in [5.74, 6) is 0.663. The second kappa shape index (κ2) is 9.92. The Balaban J connectivity index is 1.64. The number of piperidine rings is 1. The first kappa shape index (κ1) is 22.1. The van der Waals surface area contributed by atoms with Gasteiger partial charge in [0.05, 0.1) is 17.9 Å². The van der Waals surface area contributed by atoms with Crippen molar-refractivity contribution >= 4 is 34.8 Å². The Bertz CT molecular complexity index is 730. The summed E-state index contributed by atoms with van der Waals surface area (Å²) in [5.41, 5.74) is 1.34. The molecule has 0 radical (unpaired) electrons. The lowest BCUT2D eigenvalue weighted by molar-refractivity contribution is -0.120. The summed E-state index contributed by atoms with van der Waals surface area (Å²) in [5, 5.41) is 3.42. The maximum atomic E-state index is 13.2. The van der Waals surface area contributed by atoms with Crippen LogP contribution in [-0.4, -0.2) is 66.9 Å². The Kier molecular flexibility index (Phi) is 7.55. The molecule has 2 amide bonds. The van der Waals surface area contributed by atoms with Gasteiger partial charge in [0.2, 0.25) is 11.8 Å². The van der Waals surface area contributed by atoms with Gasteiger partial charge in [-0.2, -0.15) is 0 Å². The van der Waals surface area contributed by atoms with Crippen molar-refractivity contribution in [3.05, 3.63) is 23.2 Å². The van der Waals surface area contributed by atoms with E-state index >= 15 is 0 Å². The smallest absolute Gasteiger partial charge is 0.241 e. The average molecular weight is 421 g/mol. The molecule has 2 aliphatic heterocycles. The molecule has 0 bridgehead atoms. The van der Waals surface area contributed by atoms with Gasteiger partial charge in [-0.1, -0.05) is 25.4 Å². The molecule has 0 spiro atoms. The zero-order chi connectivity index (χ0) is 21.0. The van der Waals surface area contributed by atoms with E-state index in [9.17, 15) is 9.59 Å². The fourth-order valence-corrected chi connectivity index (χ4v) is 4.61. The lowest BCUT2D eigenvalue weighted by Crippen LogP contribution is -2.47. The van der Waals surface area contributed by atoms with Crippen LogP contribution in [0.4, 0.5) is 11.4 Å². The Morgan fingerprint density at radius 1 is 1.24 bits per heavy atom. The average Bonchev–Trinajstić information content (AvgIpc) is 2.81. The number of likely N-dealkylation sites (tertiary alicyclic amines) is 1. The first-order chi connectivity index (χ1) is 13.9. The first-order valence-electron chi connectivity index (χ1n) is 10.8. The topological polar surface area (TPSA) is 55.9 Å². The third kappa shape index (κ3) is 5.50. The molecular weight excluding hydrogens is 388 g/mol. The molecule has 1 fully saturated rings. The third-order valence-corrected chi connectivity index (χ3v) is 6.39. The monoisotopic (exact) mass is 420 g/mol. The van der Waals surface area contributed by atoms with Crippen molar-refractivity contribution in [1.82, 2.24) is 9.80 Å². The SMILES string of the molecule is CCN(CC)CC1CCN(CC(=O)N2c3ccc(Cl)cc3NC(=O)CC2C)CC1. The molecule has 7 heteroatoms. The normalized spacial score (nSPS) is 21.1. The van der Waals surface area contributed by atoms with Crippen LogP contribution in [0.2, 0.25) is 5.02 Å². The maximum absolute atomic E-state index is 13.2. The van der Waals surface area contributed by atoms with Crippen LogP contribution in [-0.2, 0) is 9.59 Å². The van der Waals surface area contributed by atoms with Gasteiger partial charge in [-0.15, -0.1) is 0 Å². The number of carbonyl (C=O) groups is 2. The Hall–Kier alpha value is -1.63. The van der Waals surface area contributed by atoms with Crippen LogP contribution >= 0.6 is 11.6 Å². The summed E-state index contributed by atoms with van der Waals surface area (Å²) < 4.78 is 0. The molecule has 1 N–H and O–H groups in total. The number of halogens is 1. The summed E-state index contributed by atoms with van der Waals surface area (Å²) in [6.07, 6.45) is 2.54. The number of fused-ring (bicyclic) bond motifs is 1. The molecule has 0 aromatic heterocycles. The lowest BCUT2D eigenvalue weighted by Gasteiger charge is -2.36. The van der Waals surface area contributed by atoms with E-state index in [0.29, 0.717) is 23.2 Å². The summed E-state index contributed by atoms with van der Waals surface area (Å²) >= 11 is 6.10. The van der Waals surface area contributed by atoms with E-state index in [4.69, 9.17) is 11.6 Å². The number of benzene rings is 1. The molecule has 3 rings (SSSR count). The van der Waals surface area contributed by atoms with Crippen LogP contribution in [0.5, 0.6) is 0 Å². The largest absolute Gasteiger partial charge is 0.324 e. The maximum Gasteiger partial charge on any atom is 0.241 e. The van der Waals surface area contributed by atoms with Crippen LogP contribution in [0.25, 0.3) is 0 Å². The fraction of sp³-hybridized carbons (Fsp3) is 0.636. The highest BCUT2D eigenvalue weighted by molar-refractivity contribution is 6.31. The van der Waals surface area contributed by atoms with E-state index in [1.807, 2.05) is 13.0 Å². The van der Waals surface area contributed by atoms with Gasteiger partial charge in [0.15, 0.2) is 0 Å². The number of hydrogen-bond donors (Lipinski definition) is 1. The number of rotatable bonds is 6. The minimum absolute atomic E-state index is 0.0414. The minimum Gasteiger partial charge on any atom is -0.324 e. The Morgan fingerprint density at radius 3 is 2.59 bits per heavy atom. The molecule has 2 aliphatic rings. The lowest BCUT2D eigenvalue weighted by atomic mass is 9.96. The molecule has 1 unspecified atom stereocenters. The summed E-state index contributed by atoms with van der Waals surface area (Å²) in [6, 6.07) is 5.12. The zero-order valence-corrected chi connectivity index (χ0v) is 18.5. The van der Waals surface area contributed by atoms with Gasteiger partial charge in [-0.3, -0.25) is 14.5 Å². The van der Waals surface area contributed by atoms with Crippen molar-refractivity contribution < 1.29 is 9.59 Å². The highest BCUT2D eigenvalue weighted by Gasteiger charge is 2.31. The van der Waals surface area contributed by atoms with E-state index in [2.05, 4.69) is 29.0 Å². The van der Waals surface area contributed by atoms with Crippen molar-refractivity contribution in [2.45, 2.75) is 46.1 Å². The van der Waals surface area contributed by atoms with Crippen LogP contribution in [0, 0.1) is 5.92 Å². The molecule has 0 saturated carbocycles. The molecule has 160 valence electrons. The van der Waals surface area contributed by atoms with Crippen molar-refractivity contribution in [3.63, 3.8) is 0 Å². The van der Waals surface area contributed by atoms with E-state index in [1.54, 1.807) is 17.0 Å². The van der Waals surface area contributed by atoms with Crippen molar-refractivity contribution in [3.8, 4) is 0 Å². The number of carbonyl (C=O) groups excluding carboxylic acids is 2. The molecule has 2 heterocycles. The molecule has 6 nitrogen and oxygen atoms in total. The summed E-state index contributed by atoms with van der Waals surface area (Å²) in [4.78, 5) is 31.9. The minimum atomic E-state index is -0.190. The number of nitrogens with one attached hydrogen (secondary N) is 1. The van der Waals surface area contributed by atoms with Crippen LogP contribution in [0.15, 0.2) is 18.2 Å². The van der Waals surface area contributed by atoms with E-state index in [0.717, 1.165) is 51.3 Å². The molecule has 1 aromatic rings. The quantitative estimate of drug-likeness (QED) is 0.765. The number of hydrogen-bond acceptors (Lipinski definition) is 4. The number of amides is 2. The van der Waals surface area contributed by atoms with E-state index in [-0.39, 0.29) is 24.3 Å². The van der Waals surface area contributed by atoms with Crippen molar-refractivity contribution in [2.75, 3.05) is 49.5 Å². The molecule has 1 aromatic carbocycles. The predicted molar refractivity (Wildman–Crippen MR) is 119 cm³/mol. The van der Waals surface area contributed by atoms with Crippen molar-refractivity contribution in [1.29, 1.82) is 0 Å². The Morgan fingerprint density at radius 2 is 1.93 bits per heavy atom. The standard InChI is InChI=1S/C22H33ClN4O2/c1-4-25(5-2)14-17-8-10-26(11-9-17)15-22(29)27-16(3)12-21(28)24-19-13-18(23)6-7-20(19)27/h6-7,13,16-17H,4-5,8-12,14-15H2,1-3H3,(H,24,28). The third-order valence-electron chi connectivity index (χ3n) is 6.16. The van der Waals surface area contributed by atoms with Gasteiger partial charge in [0, 0.05) is 24.0 Å². The van der Waals surface area contributed by atoms with Gasteiger partial charge >= 0.3 is 0 Å². The zero-order valence-electron chi connectivity index (χ0n) is 17.8. The van der Waals surface area contributed by atoms with Crippen molar-refractivity contribution in [2.24, 2.45) is 5.92 Å². The van der Waals surface area contributed by atoms with Gasteiger partial charge in [-0.25, -0.2) is 0 Å². The van der Waals surface area contributed by atoms with Gasteiger partial charge in [-0.05, 0) is 70.1 Å². The van der Waals surface area contributed by atoms with Crippen LogP contribution in [0.1, 0.15) is 40.0 Å². The highest BCUT2D eigenvalue weighted by Crippen LogP contribution is 2.34. The summed E-state index contributed by atoms with van der Waals surface area (Å²) in [6.45, 7) is 12.0. The molecule has 1 saturated heterocycles. The number of nitrogens with zero attached hydrogens (tertiary/aromatic N) is 3. The van der Waals surface area contributed by atoms with Crippen LogP contribution < -0.4 is 10.2 Å². The molecule has 0 aliphatic carbocycles. The number of anilines is 2. The van der Waals surface area contributed by atoms with Gasteiger partial charge in [0.1, 0.15) is 0 Å². The van der Waals surface area contributed by atoms with E-state index in [1.165, 1.54) is 0 Å². The molecular formula is C22H33ClN4O2. The molecule has 29 heavy (non-hydrogen) atoms. The van der Waals surface area contributed by atoms with E-state index < -0.39 is 0 Å². The first-order valence-corrected chi connectivity index (χ1v) is 11.1. The summed E-state index contributed by atoms with van der Waals surface area (Å²) in [7, 11) is 0. The second-order valence-corrected chi connectivity index (χ2v) is 8.67. The van der Waals surface area contributed by atoms with Gasteiger partial charge in [0.25, 0.3) is 0 Å². The second-order valence-electron chi connectivity index (χ2n) is 8.23. The Labute approximate surface area is 179 Å². The predicted octanol–water partition coefficient (Wildman–Crippen LogP) is 3.46. The van der Waals surface area contributed by atoms with Gasteiger partial charge < -0.3 is 15.1 Å².